The Labute approximate surface area is 127 Å². The summed E-state index contributed by atoms with van der Waals surface area (Å²) in [4.78, 5) is 29.9. The van der Waals surface area contributed by atoms with Gasteiger partial charge in [-0.05, 0) is 25.0 Å². The standard InChI is InChI=1S/C15H16ClN3O2/c1-9-4-3-5-10-14(9)19(12(8-16)17-10)11-6-7-13(20)18(2)15(11)21/h3-5,11H,6-8H2,1-2H3. The van der Waals surface area contributed by atoms with Crippen LogP contribution in [-0.4, -0.2) is 33.3 Å². The summed E-state index contributed by atoms with van der Waals surface area (Å²) < 4.78 is 1.91. The predicted octanol–water partition coefficient (Wildman–Crippen LogP) is 2.40. The molecular weight excluding hydrogens is 290 g/mol. The number of halogens is 1. The maximum atomic E-state index is 12.5. The van der Waals surface area contributed by atoms with E-state index in [4.69, 9.17) is 11.6 Å². The van der Waals surface area contributed by atoms with E-state index < -0.39 is 6.04 Å². The number of fused-ring (bicyclic) bond motifs is 1. The van der Waals surface area contributed by atoms with E-state index >= 15 is 0 Å². The molecule has 21 heavy (non-hydrogen) atoms. The fourth-order valence-corrected chi connectivity index (χ4v) is 3.12. The quantitative estimate of drug-likeness (QED) is 0.632. The van der Waals surface area contributed by atoms with Gasteiger partial charge in [-0.2, -0.15) is 0 Å². The first-order valence-corrected chi connectivity index (χ1v) is 7.41. The molecule has 0 spiro atoms. The Balaban J connectivity index is 2.19. The minimum Gasteiger partial charge on any atom is -0.314 e. The molecule has 110 valence electrons. The topological polar surface area (TPSA) is 55.2 Å². The van der Waals surface area contributed by atoms with E-state index in [1.165, 1.54) is 11.9 Å². The third kappa shape index (κ3) is 2.12. The number of nitrogens with zero attached hydrogens (tertiary/aromatic N) is 3. The lowest BCUT2D eigenvalue weighted by Gasteiger charge is -2.30. The van der Waals surface area contributed by atoms with Gasteiger partial charge >= 0.3 is 0 Å². The van der Waals surface area contributed by atoms with E-state index in [0.717, 1.165) is 16.6 Å². The number of carbonyl (C=O) groups excluding carboxylic acids is 2. The van der Waals surface area contributed by atoms with Crippen molar-refractivity contribution in [1.82, 2.24) is 14.5 Å². The highest BCUT2D eigenvalue weighted by Gasteiger charge is 2.35. The molecule has 5 nitrogen and oxygen atoms in total. The number of carbonyl (C=O) groups is 2. The third-order valence-corrected chi connectivity index (χ3v) is 4.28. The second-order valence-electron chi connectivity index (χ2n) is 5.32. The van der Waals surface area contributed by atoms with Crippen LogP contribution in [0.1, 0.15) is 30.3 Å². The number of aromatic nitrogens is 2. The Bertz CT molecular complexity index is 738. The van der Waals surface area contributed by atoms with Crippen molar-refractivity contribution in [2.24, 2.45) is 0 Å². The van der Waals surface area contributed by atoms with Crippen LogP contribution in [0.2, 0.25) is 0 Å². The molecule has 1 fully saturated rings. The van der Waals surface area contributed by atoms with Gasteiger partial charge in [0, 0.05) is 13.5 Å². The summed E-state index contributed by atoms with van der Waals surface area (Å²) >= 11 is 6.01. The Kier molecular flexibility index (Phi) is 3.45. The zero-order chi connectivity index (χ0) is 15.1. The minimum atomic E-state index is -0.410. The molecule has 0 radical (unpaired) electrons. The second-order valence-corrected chi connectivity index (χ2v) is 5.59. The molecule has 2 amide bonds. The highest BCUT2D eigenvalue weighted by atomic mass is 35.5. The van der Waals surface area contributed by atoms with Crippen LogP contribution in [0.3, 0.4) is 0 Å². The van der Waals surface area contributed by atoms with Gasteiger partial charge in [-0.3, -0.25) is 14.5 Å². The van der Waals surface area contributed by atoms with Crippen molar-refractivity contribution in [3.8, 4) is 0 Å². The number of likely N-dealkylation sites (N-methyl/N-ethyl adjacent to an activating group) is 1. The molecule has 1 aromatic heterocycles. The van der Waals surface area contributed by atoms with E-state index in [-0.39, 0.29) is 17.7 Å². The minimum absolute atomic E-state index is 0.134. The Hall–Kier alpha value is -1.88. The normalized spacial score (nSPS) is 19.6. The van der Waals surface area contributed by atoms with Gasteiger partial charge in [0.1, 0.15) is 11.9 Å². The SMILES string of the molecule is Cc1cccc2nc(CCl)n(C3CCC(=O)N(C)C3=O)c12. The van der Waals surface area contributed by atoms with E-state index in [1.54, 1.807) is 0 Å². The summed E-state index contributed by atoms with van der Waals surface area (Å²) in [7, 11) is 1.53. The zero-order valence-corrected chi connectivity index (χ0v) is 12.7. The van der Waals surface area contributed by atoms with E-state index in [1.807, 2.05) is 29.7 Å². The molecule has 0 saturated carbocycles. The number of alkyl halides is 1. The number of benzene rings is 1. The third-order valence-electron chi connectivity index (χ3n) is 4.04. The summed E-state index contributed by atoms with van der Waals surface area (Å²) in [5, 5.41) is 0. The molecule has 1 aliphatic rings. The molecule has 0 N–H and O–H groups in total. The molecule has 1 saturated heterocycles. The van der Waals surface area contributed by atoms with Crippen LogP contribution in [0.15, 0.2) is 18.2 Å². The van der Waals surface area contributed by atoms with Gasteiger partial charge in [0.05, 0.1) is 16.9 Å². The van der Waals surface area contributed by atoms with E-state index in [2.05, 4.69) is 4.98 Å². The molecule has 3 rings (SSSR count). The summed E-state index contributed by atoms with van der Waals surface area (Å²) in [6.07, 6.45) is 0.853. The highest BCUT2D eigenvalue weighted by Crippen LogP contribution is 2.31. The Morgan fingerprint density at radius 1 is 1.38 bits per heavy atom. The number of likely N-dealkylation sites (tertiary alicyclic amines) is 1. The van der Waals surface area contributed by atoms with Gasteiger partial charge in [-0.15, -0.1) is 11.6 Å². The first-order valence-electron chi connectivity index (χ1n) is 6.87. The predicted molar refractivity (Wildman–Crippen MR) is 80.1 cm³/mol. The number of rotatable bonds is 2. The van der Waals surface area contributed by atoms with Crippen LogP contribution in [0.4, 0.5) is 0 Å². The summed E-state index contributed by atoms with van der Waals surface area (Å²) in [6.45, 7) is 1.99. The van der Waals surface area contributed by atoms with Crippen molar-refractivity contribution in [1.29, 1.82) is 0 Å². The van der Waals surface area contributed by atoms with Crippen LogP contribution >= 0.6 is 11.6 Å². The molecule has 0 aliphatic carbocycles. The molecule has 1 aliphatic heterocycles. The first kappa shape index (κ1) is 14.1. The molecule has 2 aromatic rings. The number of amides is 2. The van der Waals surface area contributed by atoms with Crippen LogP contribution in [0, 0.1) is 6.92 Å². The monoisotopic (exact) mass is 305 g/mol. The smallest absolute Gasteiger partial charge is 0.252 e. The lowest BCUT2D eigenvalue weighted by molar-refractivity contribution is -0.149. The second kappa shape index (κ2) is 5.15. The zero-order valence-electron chi connectivity index (χ0n) is 12.0. The molecule has 2 heterocycles. The van der Waals surface area contributed by atoms with Crippen molar-refractivity contribution < 1.29 is 9.59 Å². The van der Waals surface area contributed by atoms with Crippen molar-refractivity contribution >= 4 is 34.4 Å². The first-order chi connectivity index (χ1) is 10.0. The number of imide groups is 1. The van der Waals surface area contributed by atoms with Gasteiger partial charge < -0.3 is 4.57 Å². The molecule has 6 heteroatoms. The Morgan fingerprint density at radius 2 is 2.14 bits per heavy atom. The maximum Gasteiger partial charge on any atom is 0.252 e. The van der Waals surface area contributed by atoms with Gasteiger partial charge in [0.15, 0.2) is 0 Å². The highest BCUT2D eigenvalue weighted by molar-refractivity contribution is 6.17. The summed E-state index contributed by atoms with van der Waals surface area (Å²) in [5.74, 6) is 0.572. The number of piperidine rings is 1. The number of imidazole rings is 1. The summed E-state index contributed by atoms with van der Waals surface area (Å²) in [6, 6.07) is 5.43. The Morgan fingerprint density at radius 3 is 2.86 bits per heavy atom. The van der Waals surface area contributed by atoms with Crippen molar-refractivity contribution in [2.75, 3.05) is 7.05 Å². The molecule has 0 bridgehead atoms. The lowest BCUT2D eigenvalue weighted by Crippen LogP contribution is -2.43. The van der Waals surface area contributed by atoms with E-state index in [9.17, 15) is 9.59 Å². The van der Waals surface area contributed by atoms with Crippen molar-refractivity contribution in [3.05, 3.63) is 29.6 Å². The van der Waals surface area contributed by atoms with Crippen LogP contribution < -0.4 is 0 Å². The largest absolute Gasteiger partial charge is 0.314 e. The number of aryl methyl sites for hydroxylation is 1. The molecule has 1 aromatic carbocycles. The fourth-order valence-electron chi connectivity index (χ4n) is 2.94. The van der Waals surface area contributed by atoms with Gasteiger partial charge in [0.2, 0.25) is 5.91 Å². The van der Waals surface area contributed by atoms with Crippen LogP contribution in [0.5, 0.6) is 0 Å². The lowest BCUT2D eigenvalue weighted by atomic mass is 10.0. The van der Waals surface area contributed by atoms with E-state index in [0.29, 0.717) is 18.7 Å². The molecule has 1 atom stereocenters. The van der Waals surface area contributed by atoms with Gasteiger partial charge in [-0.1, -0.05) is 12.1 Å². The van der Waals surface area contributed by atoms with Gasteiger partial charge in [0.25, 0.3) is 5.91 Å². The average molecular weight is 306 g/mol. The molecule has 1 unspecified atom stereocenters. The molecular formula is C15H16ClN3O2. The maximum absolute atomic E-state index is 12.5. The summed E-state index contributed by atoms with van der Waals surface area (Å²) in [5.41, 5.74) is 2.80. The van der Waals surface area contributed by atoms with Crippen molar-refractivity contribution in [2.45, 2.75) is 31.7 Å². The fraction of sp³-hybridized carbons (Fsp3) is 0.400. The average Bonchev–Trinajstić information content (AvgIpc) is 2.85. The van der Waals surface area contributed by atoms with Crippen LogP contribution in [0.25, 0.3) is 11.0 Å². The number of hydrogen-bond acceptors (Lipinski definition) is 3. The van der Waals surface area contributed by atoms with Gasteiger partial charge in [-0.25, -0.2) is 4.98 Å². The van der Waals surface area contributed by atoms with Crippen LogP contribution in [-0.2, 0) is 15.5 Å². The number of para-hydroxylation sites is 1. The number of hydrogen-bond donors (Lipinski definition) is 0. The van der Waals surface area contributed by atoms with Crippen molar-refractivity contribution in [3.63, 3.8) is 0 Å².